The molecule has 1 N–H and O–H groups in total. The summed E-state index contributed by atoms with van der Waals surface area (Å²) in [4.78, 5) is 24.1. The van der Waals surface area contributed by atoms with Crippen molar-refractivity contribution in [3.05, 3.63) is 51.9 Å². The van der Waals surface area contributed by atoms with Crippen molar-refractivity contribution < 1.29 is 18.7 Å². The molecule has 102 valence electrons. The molecular formula is C14H10BrNO4. The number of benzene rings is 1. The van der Waals surface area contributed by atoms with Crippen LogP contribution in [0.3, 0.4) is 0 Å². The molecule has 5 nitrogen and oxygen atoms in total. The maximum atomic E-state index is 12.3. The fraction of sp³-hybridized carbons (Fsp3) is 0.143. The summed E-state index contributed by atoms with van der Waals surface area (Å²) in [6, 6.07) is 8.00. The first-order valence-corrected chi connectivity index (χ1v) is 6.79. The molecule has 0 saturated heterocycles. The van der Waals surface area contributed by atoms with Crippen molar-refractivity contribution in [2.75, 3.05) is 13.2 Å². The number of ketones is 1. The Morgan fingerprint density at radius 2 is 2.10 bits per heavy atom. The highest BCUT2D eigenvalue weighted by Crippen LogP contribution is 2.24. The number of nitrogens with one attached hydrogen (secondary N) is 1. The van der Waals surface area contributed by atoms with E-state index in [9.17, 15) is 9.59 Å². The van der Waals surface area contributed by atoms with Crippen LogP contribution in [0.5, 0.6) is 5.75 Å². The molecule has 1 amide bonds. The minimum absolute atomic E-state index is 0.215. The number of rotatable bonds is 2. The largest absolute Gasteiger partial charge is 0.491 e. The van der Waals surface area contributed by atoms with E-state index in [-0.39, 0.29) is 17.5 Å². The van der Waals surface area contributed by atoms with Crippen molar-refractivity contribution in [2.45, 2.75) is 0 Å². The number of hydrogen-bond acceptors (Lipinski definition) is 4. The normalized spacial score (nSPS) is 13.9. The fourth-order valence-corrected chi connectivity index (χ4v) is 2.28. The van der Waals surface area contributed by atoms with Crippen molar-refractivity contribution in [3.8, 4) is 5.75 Å². The molecule has 1 aliphatic rings. The molecule has 0 aliphatic carbocycles. The van der Waals surface area contributed by atoms with Gasteiger partial charge in [0.05, 0.1) is 12.1 Å². The smallest absolute Gasteiger partial charge is 0.255 e. The van der Waals surface area contributed by atoms with Crippen LogP contribution >= 0.6 is 15.9 Å². The Bertz CT molecular complexity index is 692. The highest BCUT2D eigenvalue weighted by Gasteiger charge is 2.20. The van der Waals surface area contributed by atoms with Gasteiger partial charge in [0.2, 0.25) is 5.78 Å². The van der Waals surface area contributed by atoms with Crippen molar-refractivity contribution in [2.24, 2.45) is 0 Å². The SMILES string of the molecule is O=C(c1ccc2c(c1)C(=O)NCCO2)c1ccc(Br)o1. The van der Waals surface area contributed by atoms with Crippen molar-refractivity contribution in [3.63, 3.8) is 0 Å². The second kappa shape index (κ2) is 5.13. The van der Waals surface area contributed by atoms with Gasteiger partial charge in [-0.3, -0.25) is 9.59 Å². The molecule has 2 heterocycles. The predicted octanol–water partition coefficient (Wildman–Crippen LogP) is 2.40. The van der Waals surface area contributed by atoms with Crippen LogP contribution in [0.1, 0.15) is 26.5 Å². The molecule has 0 bridgehead atoms. The summed E-state index contributed by atoms with van der Waals surface area (Å²) < 4.78 is 11.2. The Kier molecular flexibility index (Phi) is 3.31. The standard InChI is InChI=1S/C14H10BrNO4/c15-12-4-3-11(20-12)13(17)8-1-2-10-9(7-8)14(18)16-5-6-19-10/h1-4,7H,5-6H2,(H,16,18). The molecule has 0 spiro atoms. The predicted molar refractivity (Wildman–Crippen MR) is 74.1 cm³/mol. The van der Waals surface area contributed by atoms with E-state index in [1.54, 1.807) is 24.3 Å². The molecule has 0 saturated carbocycles. The van der Waals surface area contributed by atoms with Gasteiger partial charge in [-0.15, -0.1) is 0 Å². The van der Waals surface area contributed by atoms with E-state index >= 15 is 0 Å². The van der Waals surface area contributed by atoms with Gasteiger partial charge in [-0.05, 0) is 46.3 Å². The first-order chi connectivity index (χ1) is 9.65. The Morgan fingerprint density at radius 1 is 1.25 bits per heavy atom. The minimum atomic E-state index is -0.282. The number of amides is 1. The van der Waals surface area contributed by atoms with E-state index in [1.165, 1.54) is 6.07 Å². The van der Waals surface area contributed by atoms with Gasteiger partial charge in [-0.25, -0.2) is 0 Å². The van der Waals surface area contributed by atoms with Gasteiger partial charge in [0.25, 0.3) is 5.91 Å². The maximum Gasteiger partial charge on any atom is 0.255 e. The summed E-state index contributed by atoms with van der Waals surface area (Å²) in [5, 5.41) is 2.70. The fourth-order valence-electron chi connectivity index (χ4n) is 1.97. The molecule has 0 unspecified atom stereocenters. The molecule has 1 aromatic heterocycles. The van der Waals surface area contributed by atoms with Crippen LogP contribution in [-0.2, 0) is 0 Å². The molecular weight excluding hydrogens is 326 g/mol. The van der Waals surface area contributed by atoms with Crippen molar-refractivity contribution in [1.82, 2.24) is 5.32 Å². The second-order valence-electron chi connectivity index (χ2n) is 4.25. The van der Waals surface area contributed by atoms with Gasteiger partial charge in [0, 0.05) is 5.56 Å². The molecule has 0 fully saturated rings. The first-order valence-electron chi connectivity index (χ1n) is 6.00. The number of furan rings is 1. The number of fused-ring (bicyclic) bond motifs is 1. The molecule has 0 radical (unpaired) electrons. The van der Waals surface area contributed by atoms with Gasteiger partial charge < -0.3 is 14.5 Å². The van der Waals surface area contributed by atoms with Gasteiger partial charge in [-0.2, -0.15) is 0 Å². The van der Waals surface area contributed by atoms with Gasteiger partial charge >= 0.3 is 0 Å². The van der Waals surface area contributed by atoms with Gasteiger partial charge in [-0.1, -0.05) is 0 Å². The molecule has 3 rings (SSSR count). The van der Waals surface area contributed by atoms with E-state index in [0.29, 0.717) is 34.7 Å². The van der Waals surface area contributed by atoms with E-state index in [2.05, 4.69) is 21.2 Å². The van der Waals surface area contributed by atoms with Crippen molar-refractivity contribution in [1.29, 1.82) is 0 Å². The van der Waals surface area contributed by atoms with Gasteiger partial charge in [0.15, 0.2) is 10.4 Å². The number of hydrogen-bond donors (Lipinski definition) is 1. The van der Waals surface area contributed by atoms with Crippen LogP contribution in [0.2, 0.25) is 0 Å². The topological polar surface area (TPSA) is 68.5 Å². The molecule has 2 aromatic rings. The summed E-state index contributed by atoms with van der Waals surface area (Å²) in [7, 11) is 0. The van der Waals surface area contributed by atoms with Gasteiger partial charge in [0.1, 0.15) is 12.4 Å². The summed E-state index contributed by atoms with van der Waals surface area (Å²) >= 11 is 3.15. The zero-order chi connectivity index (χ0) is 14.1. The summed E-state index contributed by atoms with van der Waals surface area (Å²) in [6.07, 6.45) is 0. The third-order valence-electron chi connectivity index (χ3n) is 2.93. The van der Waals surface area contributed by atoms with Crippen LogP contribution in [0, 0.1) is 0 Å². The Balaban J connectivity index is 1.99. The molecule has 20 heavy (non-hydrogen) atoms. The number of ether oxygens (including phenoxy) is 1. The highest BCUT2D eigenvalue weighted by atomic mass is 79.9. The quantitative estimate of drug-likeness (QED) is 0.855. The third-order valence-corrected chi connectivity index (χ3v) is 3.35. The van der Waals surface area contributed by atoms with Crippen LogP contribution in [-0.4, -0.2) is 24.8 Å². The zero-order valence-electron chi connectivity index (χ0n) is 10.3. The zero-order valence-corrected chi connectivity index (χ0v) is 11.9. The molecule has 0 atom stereocenters. The second-order valence-corrected chi connectivity index (χ2v) is 5.03. The lowest BCUT2D eigenvalue weighted by Crippen LogP contribution is -2.24. The number of halogens is 1. The Labute approximate surface area is 123 Å². The molecule has 6 heteroatoms. The lowest BCUT2D eigenvalue weighted by Gasteiger charge is -2.06. The summed E-state index contributed by atoms with van der Waals surface area (Å²) in [5.41, 5.74) is 0.741. The lowest BCUT2D eigenvalue weighted by atomic mass is 10.0. The lowest BCUT2D eigenvalue weighted by molar-refractivity contribution is 0.0957. The average Bonchev–Trinajstić information content (AvgIpc) is 2.80. The summed E-state index contributed by atoms with van der Waals surface area (Å²) in [6.45, 7) is 0.860. The van der Waals surface area contributed by atoms with E-state index in [0.717, 1.165) is 0 Å². The van der Waals surface area contributed by atoms with E-state index in [4.69, 9.17) is 9.15 Å². The minimum Gasteiger partial charge on any atom is -0.491 e. The monoisotopic (exact) mass is 335 g/mol. The summed E-state index contributed by atoms with van der Waals surface area (Å²) in [5.74, 6) is 0.173. The Morgan fingerprint density at radius 3 is 2.85 bits per heavy atom. The number of carbonyl (C=O) groups excluding carboxylic acids is 2. The first kappa shape index (κ1) is 12.9. The molecule has 1 aromatic carbocycles. The van der Waals surface area contributed by atoms with E-state index < -0.39 is 0 Å². The van der Waals surface area contributed by atoms with Crippen LogP contribution in [0.25, 0.3) is 0 Å². The third kappa shape index (κ3) is 2.34. The average molecular weight is 336 g/mol. The van der Waals surface area contributed by atoms with Crippen LogP contribution in [0.15, 0.2) is 39.4 Å². The van der Waals surface area contributed by atoms with Crippen LogP contribution in [0.4, 0.5) is 0 Å². The Hall–Kier alpha value is -2.08. The highest BCUT2D eigenvalue weighted by molar-refractivity contribution is 9.10. The molecule has 1 aliphatic heterocycles. The van der Waals surface area contributed by atoms with E-state index in [1.807, 2.05) is 0 Å². The van der Waals surface area contributed by atoms with Crippen molar-refractivity contribution >= 4 is 27.6 Å². The number of carbonyl (C=O) groups is 2. The maximum absolute atomic E-state index is 12.3. The van der Waals surface area contributed by atoms with Crippen LogP contribution < -0.4 is 10.1 Å².